The molecule has 1 aromatic rings. The molecular formula is C13H25N5S. The maximum atomic E-state index is 5.93. The number of nitrogens with two attached hydrogens (primary N) is 1. The van der Waals surface area contributed by atoms with E-state index in [0.717, 1.165) is 32.0 Å². The summed E-state index contributed by atoms with van der Waals surface area (Å²) in [6.07, 6.45) is 6.17. The predicted octanol–water partition coefficient (Wildman–Crippen LogP) is 1.52. The summed E-state index contributed by atoms with van der Waals surface area (Å²) >= 11 is 1.93. The van der Waals surface area contributed by atoms with Crippen LogP contribution in [0.4, 0.5) is 0 Å². The Hall–Kier alpha value is -0.590. The Morgan fingerprint density at radius 3 is 2.63 bits per heavy atom. The smallest absolute Gasteiger partial charge is 0.141 e. The number of nitrogens with zero attached hydrogens (tertiary/aromatic N) is 4. The van der Waals surface area contributed by atoms with Gasteiger partial charge in [0, 0.05) is 17.3 Å². The van der Waals surface area contributed by atoms with E-state index >= 15 is 0 Å². The maximum Gasteiger partial charge on any atom is 0.141 e. The molecule has 1 fully saturated rings. The van der Waals surface area contributed by atoms with Gasteiger partial charge in [-0.25, -0.2) is 9.67 Å². The molecule has 0 saturated carbocycles. The van der Waals surface area contributed by atoms with Crippen LogP contribution in [0.1, 0.15) is 38.6 Å². The SMILES string of the molecule is CSC1(CN)CCN(Cc2ncnn2C(C)C)CC1. The molecule has 1 aromatic heterocycles. The number of rotatable bonds is 5. The molecule has 0 amide bonds. The molecule has 1 saturated heterocycles. The zero-order valence-electron chi connectivity index (χ0n) is 12.2. The standard InChI is InChI=1S/C13H25N5S/c1-11(2)18-12(15-10-16-18)8-17-6-4-13(9-14,19-3)5-7-17/h10-11H,4-9,14H2,1-3H3. The molecule has 2 heterocycles. The highest BCUT2D eigenvalue weighted by molar-refractivity contribution is 8.00. The molecule has 0 atom stereocenters. The highest BCUT2D eigenvalue weighted by Crippen LogP contribution is 2.33. The highest BCUT2D eigenvalue weighted by Gasteiger charge is 2.32. The molecule has 19 heavy (non-hydrogen) atoms. The molecule has 6 heteroatoms. The topological polar surface area (TPSA) is 60.0 Å². The number of likely N-dealkylation sites (tertiary alicyclic amines) is 1. The van der Waals surface area contributed by atoms with Gasteiger partial charge >= 0.3 is 0 Å². The lowest BCUT2D eigenvalue weighted by molar-refractivity contribution is 0.187. The Bertz CT molecular complexity index is 389. The summed E-state index contributed by atoms with van der Waals surface area (Å²) in [7, 11) is 0. The maximum absolute atomic E-state index is 5.93. The second-order valence-electron chi connectivity index (χ2n) is 5.58. The largest absolute Gasteiger partial charge is 0.329 e. The Morgan fingerprint density at radius 1 is 1.42 bits per heavy atom. The van der Waals surface area contributed by atoms with Crippen molar-refractivity contribution in [2.45, 2.75) is 44.0 Å². The van der Waals surface area contributed by atoms with Crippen LogP contribution >= 0.6 is 11.8 Å². The number of piperidine rings is 1. The first kappa shape index (κ1) is 14.8. The normalized spacial score (nSPS) is 20.1. The Balaban J connectivity index is 1.94. The third-order valence-corrected chi connectivity index (χ3v) is 5.51. The van der Waals surface area contributed by atoms with E-state index in [2.05, 4.69) is 35.1 Å². The average molecular weight is 283 g/mol. The van der Waals surface area contributed by atoms with Crippen LogP contribution in [0.15, 0.2) is 6.33 Å². The second kappa shape index (κ2) is 6.24. The minimum absolute atomic E-state index is 0.294. The van der Waals surface area contributed by atoms with E-state index in [-0.39, 0.29) is 0 Å². The molecule has 5 nitrogen and oxygen atoms in total. The third kappa shape index (κ3) is 3.30. The minimum Gasteiger partial charge on any atom is -0.329 e. The van der Waals surface area contributed by atoms with Gasteiger partial charge in [-0.3, -0.25) is 4.90 Å². The van der Waals surface area contributed by atoms with Crippen molar-refractivity contribution < 1.29 is 0 Å². The monoisotopic (exact) mass is 283 g/mol. The molecule has 2 N–H and O–H groups in total. The van der Waals surface area contributed by atoms with Crippen molar-refractivity contribution >= 4 is 11.8 Å². The first-order valence-electron chi connectivity index (χ1n) is 6.96. The molecule has 108 valence electrons. The molecule has 1 aliphatic heterocycles. The van der Waals surface area contributed by atoms with Gasteiger partial charge in [0.1, 0.15) is 12.2 Å². The number of hydrogen-bond donors (Lipinski definition) is 1. The van der Waals surface area contributed by atoms with Crippen LogP contribution in [-0.2, 0) is 6.54 Å². The molecule has 0 aliphatic carbocycles. The van der Waals surface area contributed by atoms with Crippen molar-refractivity contribution in [3.8, 4) is 0 Å². The first-order valence-corrected chi connectivity index (χ1v) is 8.18. The summed E-state index contributed by atoms with van der Waals surface area (Å²) in [5.74, 6) is 1.07. The van der Waals surface area contributed by atoms with E-state index in [9.17, 15) is 0 Å². The zero-order valence-corrected chi connectivity index (χ0v) is 13.0. The highest BCUT2D eigenvalue weighted by atomic mass is 32.2. The van der Waals surface area contributed by atoms with E-state index in [1.165, 1.54) is 12.8 Å². The van der Waals surface area contributed by atoms with Crippen LogP contribution < -0.4 is 5.73 Å². The van der Waals surface area contributed by atoms with Crippen LogP contribution in [0.5, 0.6) is 0 Å². The number of aromatic nitrogens is 3. The zero-order chi connectivity index (χ0) is 13.9. The van der Waals surface area contributed by atoms with Gasteiger partial charge in [0.25, 0.3) is 0 Å². The van der Waals surface area contributed by atoms with Crippen molar-refractivity contribution in [1.29, 1.82) is 0 Å². The van der Waals surface area contributed by atoms with Crippen LogP contribution in [0.25, 0.3) is 0 Å². The fraction of sp³-hybridized carbons (Fsp3) is 0.846. The summed E-state index contributed by atoms with van der Waals surface area (Å²) in [4.78, 5) is 6.85. The Kier molecular flexibility index (Phi) is 4.86. The lowest BCUT2D eigenvalue weighted by Gasteiger charge is -2.39. The van der Waals surface area contributed by atoms with Gasteiger partial charge in [-0.1, -0.05) is 0 Å². The van der Waals surface area contributed by atoms with Crippen LogP contribution in [0.2, 0.25) is 0 Å². The van der Waals surface area contributed by atoms with Gasteiger partial charge in [-0.2, -0.15) is 16.9 Å². The molecule has 0 bridgehead atoms. The molecule has 0 spiro atoms. The molecule has 0 unspecified atom stereocenters. The molecular weight excluding hydrogens is 258 g/mol. The fourth-order valence-electron chi connectivity index (χ4n) is 2.63. The summed E-state index contributed by atoms with van der Waals surface area (Å²) in [6.45, 7) is 8.16. The van der Waals surface area contributed by atoms with Gasteiger partial charge in [0.05, 0.1) is 6.54 Å². The van der Waals surface area contributed by atoms with E-state index in [0.29, 0.717) is 10.8 Å². The Labute approximate surface area is 119 Å². The van der Waals surface area contributed by atoms with Crippen LogP contribution in [-0.4, -0.2) is 50.3 Å². The van der Waals surface area contributed by atoms with Crippen molar-refractivity contribution in [1.82, 2.24) is 19.7 Å². The number of thioether (sulfide) groups is 1. The molecule has 0 radical (unpaired) electrons. The summed E-state index contributed by atoms with van der Waals surface area (Å²) < 4.78 is 2.31. The van der Waals surface area contributed by atoms with Crippen molar-refractivity contribution in [2.75, 3.05) is 25.9 Å². The lowest BCUT2D eigenvalue weighted by atomic mass is 9.96. The molecule has 2 rings (SSSR count). The average Bonchev–Trinajstić information content (AvgIpc) is 2.88. The van der Waals surface area contributed by atoms with Crippen LogP contribution in [0.3, 0.4) is 0 Å². The fourth-order valence-corrected chi connectivity index (χ4v) is 3.39. The quantitative estimate of drug-likeness (QED) is 0.888. The minimum atomic E-state index is 0.294. The third-order valence-electron chi connectivity index (χ3n) is 4.07. The summed E-state index contributed by atoms with van der Waals surface area (Å²) in [6, 6.07) is 0.372. The summed E-state index contributed by atoms with van der Waals surface area (Å²) in [5.41, 5.74) is 5.93. The van der Waals surface area contributed by atoms with Gasteiger partial charge in [0.2, 0.25) is 0 Å². The number of hydrogen-bond acceptors (Lipinski definition) is 5. The predicted molar refractivity (Wildman–Crippen MR) is 80.2 cm³/mol. The second-order valence-corrected chi connectivity index (χ2v) is 6.86. The van der Waals surface area contributed by atoms with Gasteiger partial charge in [-0.15, -0.1) is 0 Å². The van der Waals surface area contributed by atoms with E-state index in [1.54, 1.807) is 6.33 Å². The molecule has 0 aromatic carbocycles. The van der Waals surface area contributed by atoms with Gasteiger partial charge in [0.15, 0.2) is 0 Å². The van der Waals surface area contributed by atoms with Crippen LogP contribution in [0, 0.1) is 0 Å². The summed E-state index contributed by atoms with van der Waals surface area (Å²) in [5, 5.41) is 4.30. The first-order chi connectivity index (χ1) is 9.10. The Morgan fingerprint density at radius 2 is 2.11 bits per heavy atom. The van der Waals surface area contributed by atoms with E-state index in [1.807, 2.05) is 16.4 Å². The van der Waals surface area contributed by atoms with E-state index in [4.69, 9.17) is 5.73 Å². The molecule has 1 aliphatic rings. The van der Waals surface area contributed by atoms with Crippen molar-refractivity contribution in [3.63, 3.8) is 0 Å². The lowest BCUT2D eigenvalue weighted by Crippen LogP contribution is -2.46. The van der Waals surface area contributed by atoms with Gasteiger partial charge < -0.3 is 5.73 Å². The van der Waals surface area contributed by atoms with Crippen molar-refractivity contribution in [2.24, 2.45) is 5.73 Å². The van der Waals surface area contributed by atoms with E-state index < -0.39 is 0 Å². The van der Waals surface area contributed by atoms with Gasteiger partial charge in [-0.05, 0) is 46.0 Å². The van der Waals surface area contributed by atoms with Crippen molar-refractivity contribution in [3.05, 3.63) is 12.2 Å².